The van der Waals surface area contributed by atoms with Crippen molar-refractivity contribution < 1.29 is 4.79 Å². The molecular formula is C21H16N6O. The van der Waals surface area contributed by atoms with E-state index >= 15 is 0 Å². The molecule has 0 saturated carbocycles. The topological polar surface area (TPSA) is 100 Å². The van der Waals surface area contributed by atoms with Crippen LogP contribution in [-0.4, -0.2) is 36.6 Å². The van der Waals surface area contributed by atoms with Crippen molar-refractivity contribution in [2.45, 2.75) is 0 Å². The van der Waals surface area contributed by atoms with Gasteiger partial charge in [-0.05, 0) is 23.3 Å². The van der Waals surface area contributed by atoms with Crippen LogP contribution in [0.25, 0.3) is 34.7 Å². The molecule has 0 amide bonds. The van der Waals surface area contributed by atoms with Crippen LogP contribution < -0.4 is 0 Å². The molecule has 0 spiro atoms. The lowest BCUT2D eigenvalue weighted by Crippen LogP contribution is -1.88. The summed E-state index contributed by atoms with van der Waals surface area (Å²) in [5, 5.41) is 20.9. The Morgan fingerprint density at radius 1 is 0.714 bits per heavy atom. The number of nitrogens with one attached hydrogen (secondary N) is 2. The number of allylic oxidation sites excluding steroid dienone is 2. The minimum Gasteiger partial charge on any atom is -0.290 e. The average Bonchev–Trinajstić information content (AvgIpc) is 3.45. The number of aromatic nitrogens is 6. The molecule has 0 atom stereocenters. The van der Waals surface area contributed by atoms with Gasteiger partial charge in [0.15, 0.2) is 5.78 Å². The van der Waals surface area contributed by atoms with E-state index in [0.717, 1.165) is 33.6 Å². The van der Waals surface area contributed by atoms with E-state index in [1.165, 1.54) is 12.2 Å². The van der Waals surface area contributed by atoms with Gasteiger partial charge in [-0.15, -0.1) is 10.2 Å². The Bertz CT molecular complexity index is 1040. The zero-order valence-electron chi connectivity index (χ0n) is 14.8. The Kier molecular flexibility index (Phi) is 4.97. The fourth-order valence-corrected chi connectivity index (χ4v) is 2.82. The fraction of sp³-hybridized carbons (Fsp3) is 0. The second-order valence-corrected chi connectivity index (χ2v) is 5.96. The lowest BCUT2D eigenvalue weighted by molar-refractivity contribution is -0.110. The van der Waals surface area contributed by atoms with E-state index in [0.29, 0.717) is 0 Å². The minimum absolute atomic E-state index is 0.120. The van der Waals surface area contributed by atoms with Crippen LogP contribution in [0.4, 0.5) is 0 Å². The Hall–Kier alpha value is -4.13. The van der Waals surface area contributed by atoms with Gasteiger partial charge in [-0.1, -0.05) is 71.1 Å². The first-order chi connectivity index (χ1) is 13.8. The van der Waals surface area contributed by atoms with Crippen molar-refractivity contribution in [3.63, 3.8) is 0 Å². The van der Waals surface area contributed by atoms with Crippen LogP contribution in [0.2, 0.25) is 0 Å². The third kappa shape index (κ3) is 3.83. The summed E-state index contributed by atoms with van der Waals surface area (Å²) >= 11 is 0. The third-order valence-electron chi connectivity index (χ3n) is 4.16. The standard InChI is InChI=1S/C21H16N6O/c28-17(11-9-15-5-1-3-7-18(15)20-13-22-26-24-20)12-10-16-6-2-4-8-19(16)21-14-23-27-25-21/h1-14H,(H,22,24,26)(H,23,25,27)/b11-9+,12-10+. The van der Waals surface area contributed by atoms with Crippen LogP contribution >= 0.6 is 0 Å². The van der Waals surface area contributed by atoms with E-state index in [2.05, 4.69) is 30.8 Å². The zero-order chi connectivity index (χ0) is 19.2. The van der Waals surface area contributed by atoms with Crippen molar-refractivity contribution in [3.8, 4) is 22.5 Å². The lowest BCUT2D eigenvalue weighted by Gasteiger charge is -2.02. The highest BCUT2D eigenvalue weighted by Gasteiger charge is 2.06. The molecule has 2 aromatic carbocycles. The molecule has 0 radical (unpaired) electrons. The number of aromatic amines is 2. The Labute approximate surface area is 160 Å². The van der Waals surface area contributed by atoms with Crippen molar-refractivity contribution in [3.05, 3.63) is 84.2 Å². The quantitative estimate of drug-likeness (QED) is 0.507. The first-order valence-electron chi connectivity index (χ1n) is 8.63. The van der Waals surface area contributed by atoms with Gasteiger partial charge < -0.3 is 0 Å². The molecule has 4 rings (SSSR count). The van der Waals surface area contributed by atoms with Gasteiger partial charge in [0.25, 0.3) is 0 Å². The zero-order valence-corrected chi connectivity index (χ0v) is 14.8. The molecule has 2 heterocycles. The van der Waals surface area contributed by atoms with Crippen LogP contribution in [-0.2, 0) is 4.79 Å². The summed E-state index contributed by atoms with van der Waals surface area (Å²) in [6.45, 7) is 0. The Morgan fingerprint density at radius 3 is 1.61 bits per heavy atom. The Balaban J connectivity index is 1.54. The second kappa shape index (κ2) is 8.05. The number of rotatable bonds is 6. The third-order valence-corrected chi connectivity index (χ3v) is 4.16. The molecule has 0 aliphatic carbocycles. The van der Waals surface area contributed by atoms with Crippen molar-refractivity contribution in [2.75, 3.05) is 0 Å². The summed E-state index contributed by atoms with van der Waals surface area (Å²) in [4.78, 5) is 12.3. The molecule has 0 unspecified atom stereocenters. The molecule has 0 fully saturated rings. The van der Waals surface area contributed by atoms with E-state index in [1.54, 1.807) is 24.5 Å². The number of hydrogen-bond acceptors (Lipinski definition) is 5. The maximum atomic E-state index is 12.3. The van der Waals surface area contributed by atoms with E-state index in [9.17, 15) is 4.79 Å². The normalized spacial score (nSPS) is 11.4. The van der Waals surface area contributed by atoms with Gasteiger partial charge in [-0.25, -0.2) is 0 Å². The van der Waals surface area contributed by atoms with Crippen molar-refractivity contribution in [1.82, 2.24) is 30.8 Å². The van der Waals surface area contributed by atoms with Gasteiger partial charge in [-0.2, -0.15) is 0 Å². The predicted molar refractivity (Wildman–Crippen MR) is 107 cm³/mol. The SMILES string of the molecule is O=C(/C=C/c1ccccc1-c1c[nH]nn1)/C=C/c1ccccc1-c1c[nH]nn1. The fourth-order valence-electron chi connectivity index (χ4n) is 2.82. The number of ketones is 1. The summed E-state index contributed by atoms with van der Waals surface area (Å²) in [6, 6.07) is 15.4. The van der Waals surface area contributed by atoms with E-state index in [1.807, 2.05) is 48.5 Å². The van der Waals surface area contributed by atoms with Gasteiger partial charge in [0, 0.05) is 11.1 Å². The van der Waals surface area contributed by atoms with Gasteiger partial charge in [-0.3, -0.25) is 15.0 Å². The monoisotopic (exact) mass is 368 g/mol. The largest absolute Gasteiger partial charge is 0.290 e. The number of carbonyl (C=O) groups is 1. The van der Waals surface area contributed by atoms with Crippen molar-refractivity contribution in [2.24, 2.45) is 0 Å². The van der Waals surface area contributed by atoms with E-state index < -0.39 is 0 Å². The highest BCUT2D eigenvalue weighted by Crippen LogP contribution is 2.23. The van der Waals surface area contributed by atoms with Crippen LogP contribution in [0.15, 0.2) is 73.1 Å². The molecule has 0 bridgehead atoms. The minimum atomic E-state index is -0.120. The highest BCUT2D eigenvalue weighted by molar-refractivity contribution is 6.05. The maximum Gasteiger partial charge on any atom is 0.178 e. The number of nitrogens with zero attached hydrogens (tertiary/aromatic N) is 4. The summed E-state index contributed by atoms with van der Waals surface area (Å²) in [7, 11) is 0. The molecule has 28 heavy (non-hydrogen) atoms. The summed E-state index contributed by atoms with van der Waals surface area (Å²) in [6.07, 6.45) is 10.1. The lowest BCUT2D eigenvalue weighted by atomic mass is 10.0. The number of benzene rings is 2. The summed E-state index contributed by atoms with van der Waals surface area (Å²) in [5.74, 6) is -0.120. The average molecular weight is 368 g/mol. The Morgan fingerprint density at radius 2 is 1.18 bits per heavy atom. The molecule has 4 aromatic rings. The molecule has 0 aliphatic rings. The summed E-state index contributed by atoms with van der Waals surface area (Å²) in [5.41, 5.74) is 5.04. The van der Waals surface area contributed by atoms with Crippen LogP contribution in [0.1, 0.15) is 11.1 Å². The first-order valence-corrected chi connectivity index (χ1v) is 8.63. The van der Waals surface area contributed by atoms with Crippen molar-refractivity contribution in [1.29, 1.82) is 0 Å². The number of H-pyrrole nitrogens is 2. The van der Waals surface area contributed by atoms with Gasteiger partial charge in [0.1, 0.15) is 11.4 Å². The van der Waals surface area contributed by atoms with Crippen molar-refractivity contribution >= 4 is 17.9 Å². The summed E-state index contributed by atoms with van der Waals surface area (Å²) < 4.78 is 0. The van der Waals surface area contributed by atoms with Gasteiger partial charge in [0.05, 0.1) is 12.4 Å². The second-order valence-electron chi connectivity index (χ2n) is 5.96. The molecule has 7 nitrogen and oxygen atoms in total. The molecule has 0 saturated heterocycles. The molecular weight excluding hydrogens is 352 g/mol. The molecule has 2 N–H and O–H groups in total. The maximum absolute atomic E-state index is 12.3. The molecule has 7 heteroatoms. The van der Waals surface area contributed by atoms with Gasteiger partial charge in [0.2, 0.25) is 0 Å². The molecule has 0 aliphatic heterocycles. The van der Waals surface area contributed by atoms with E-state index in [4.69, 9.17) is 0 Å². The number of carbonyl (C=O) groups excluding carboxylic acids is 1. The molecule has 136 valence electrons. The first kappa shape index (κ1) is 17.3. The van der Waals surface area contributed by atoms with E-state index in [-0.39, 0.29) is 5.78 Å². The smallest absolute Gasteiger partial charge is 0.178 e. The van der Waals surface area contributed by atoms with Gasteiger partial charge >= 0.3 is 0 Å². The van der Waals surface area contributed by atoms with Crippen LogP contribution in [0.3, 0.4) is 0 Å². The highest BCUT2D eigenvalue weighted by atomic mass is 16.1. The number of hydrogen-bond donors (Lipinski definition) is 2. The predicted octanol–water partition coefficient (Wildman–Crippen LogP) is 3.55. The molecule has 2 aromatic heterocycles. The van der Waals surface area contributed by atoms with Crippen LogP contribution in [0, 0.1) is 0 Å². The van der Waals surface area contributed by atoms with Crippen LogP contribution in [0.5, 0.6) is 0 Å².